The van der Waals surface area contributed by atoms with Gasteiger partial charge in [0.1, 0.15) is 12.2 Å². The van der Waals surface area contributed by atoms with E-state index in [1.165, 1.54) is 4.57 Å². The Bertz CT molecular complexity index is 1550. The van der Waals surface area contributed by atoms with Crippen LogP contribution in [0.15, 0.2) is 78.2 Å². The lowest BCUT2D eigenvalue weighted by atomic mass is 10.1. The van der Waals surface area contributed by atoms with Crippen molar-refractivity contribution < 1.29 is 4.79 Å². The molecule has 0 aliphatic heterocycles. The van der Waals surface area contributed by atoms with Crippen LogP contribution in [0.5, 0.6) is 0 Å². The largest absolute Gasteiger partial charge is 0.365 e. The number of anilines is 1. The van der Waals surface area contributed by atoms with E-state index in [0.717, 1.165) is 28.6 Å². The Kier molecular flexibility index (Phi) is 6.57. The summed E-state index contributed by atoms with van der Waals surface area (Å²) in [5, 5.41) is 11.2. The molecule has 3 N–H and O–H groups in total. The number of H-pyrrole nitrogens is 1. The summed E-state index contributed by atoms with van der Waals surface area (Å²) in [6, 6.07) is 13.9. The third kappa shape index (κ3) is 5.17. The lowest BCUT2D eigenvalue weighted by molar-refractivity contribution is -0.121. The fourth-order valence-corrected chi connectivity index (χ4v) is 4.00. The van der Waals surface area contributed by atoms with Crippen molar-refractivity contribution >= 4 is 22.8 Å². The van der Waals surface area contributed by atoms with Crippen molar-refractivity contribution in [2.75, 3.05) is 11.9 Å². The molecule has 10 nitrogen and oxygen atoms in total. The van der Waals surface area contributed by atoms with E-state index >= 15 is 0 Å². The van der Waals surface area contributed by atoms with Gasteiger partial charge < -0.3 is 15.6 Å². The first-order valence-corrected chi connectivity index (χ1v) is 11.6. The van der Waals surface area contributed by atoms with E-state index in [1.807, 2.05) is 48.7 Å². The van der Waals surface area contributed by atoms with E-state index in [2.05, 4.69) is 30.7 Å². The van der Waals surface area contributed by atoms with Gasteiger partial charge in [-0.05, 0) is 29.7 Å². The first kappa shape index (κ1) is 23.0. The van der Waals surface area contributed by atoms with Crippen LogP contribution in [0, 0.1) is 0 Å². The molecule has 1 aromatic carbocycles. The quantitative estimate of drug-likeness (QED) is 0.297. The maximum absolute atomic E-state index is 13.4. The van der Waals surface area contributed by atoms with Gasteiger partial charge >= 0.3 is 0 Å². The molecule has 1 amide bonds. The third-order valence-electron chi connectivity index (χ3n) is 5.85. The van der Waals surface area contributed by atoms with Crippen molar-refractivity contribution in [3.05, 3.63) is 94.9 Å². The van der Waals surface area contributed by atoms with Gasteiger partial charge in [0.25, 0.3) is 5.56 Å². The molecular formula is C26H26N8O2. The molecule has 182 valence electrons. The summed E-state index contributed by atoms with van der Waals surface area (Å²) in [6.07, 6.45) is 9.30. The molecule has 10 heteroatoms. The SMILES string of the molecule is Cn1cc(-c2cnc(NCCc3ccccc3)c(=O)n2CC(=O)NCc2cnc3[nH]ccc3c2)cn1. The van der Waals surface area contributed by atoms with Gasteiger partial charge in [0, 0.05) is 49.7 Å². The average molecular weight is 483 g/mol. The number of hydrogen-bond acceptors (Lipinski definition) is 6. The number of pyridine rings is 1. The molecule has 4 aromatic heterocycles. The van der Waals surface area contributed by atoms with Crippen LogP contribution in [0.1, 0.15) is 11.1 Å². The lowest BCUT2D eigenvalue weighted by Gasteiger charge is -2.14. The number of amides is 1. The number of benzene rings is 1. The third-order valence-corrected chi connectivity index (χ3v) is 5.85. The summed E-state index contributed by atoms with van der Waals surface area (Å²) in [5.41, 5.74) is 3.68. The molecule has 36 heavy (non-hydrogen) atoms. The number of aryl methyl sites for hydroxylation is 1. The zero-order chi connectivity index (χ0) is 24.9. The van der Waals surface area contributed by atoms with Crippen molar-refractivity contribution in [2.45, 2.75) is 19.5 Å². The van der Waals surface area contributed by atoms with Crippen LogP contribution < -0.4 is 16.2 Å². The molecular weight excluding hydrogens is 456 g/mol. The Morgan fingerprint density at radius 3 is 2.72 bits per heavy atom. The number of aromatic amines is 1. The predicted molar refractivity (Wildman–Crippen MR) is 137 cm³/mol. The minimum atomic E-state index is -0.366. The van der Waals surface area contributed by atoms with Crippen LogP contribution in [0.2, 0.25) is 0 Å². The monoisotopic (exact) mass is 482 g/mol. The highest BCUT2D eigenvalue weighted by atomic mass is 16.2. The number of nitrogens with zero attached hydrogens (tertiary/aromatic N) is 5. The van der Waals surface area contributed by atoms with Gasteiger partial charge in [-0.3, -0.25) is 18.8 Å². The summed E-state index contributed by atoms with van der Waals surface area (Å²) < 4.78 is 3.07. The number of aromatic nitrogens is 6. The first-order chi connectivity index (χ1) is 17.6. The van der Waals surface area contributed by atoms with E-state index in [4.69, 9.17) is 0 Å². The molecule has 0 saturated carbocycles. The van der Waals surface area contributed by atoms with Crippen molar-refractivity contribution in [2.24, 2.45) is 7.05 Å². The van der Waals surface area contributed by atoms with Crippen LogP contribution in [-0.4, -0.2) is 41.8 Å². The molecule has 0 aliphatic rings. The standard InChI is InChI=1S/C26H26N8O2/c1-33-16-21(14-32-33)22-15-31-25(28-9-7-18-5-3-2-4-6-18)26(36)34(22)17-23(35)29-12-19-11-20-8-10-27-24(20)30-13-19/h2-6,8,10-11,13-16H,7,9,12,17H2,1H3,(H,27,30)(H,28,31)(H,29,35). The summed E-state index contributed by atoms with van der Waals surface area (Å²) in [5.74, 6) is -0.0914. The molecule has 0 bridgehead atoms. The van der Waals surface area contributed by atoms with E-state index in [-0.39, 0.29) is 23.8 Å². The maximum Gasteiger partial charge on any atom is 0.294 e. The van der Waals surface area contributed by atoms with Crippen LogP contribution in [0.25, 0.3) is 22.3 Å². The zero-order valence-corrected chi connectivity index (χ0v) is 19.8. The number of hydrogen-bond donors (Lipinski definition) is 3. The van der Waals surface area contributed by atoms with Gasteiger partial charge in [0.05, 0.1) is 18.1 Å². The Labute approximate surface area is 207 Å². The van der Waals surface area contributed by atoms with Gasteiger partial charge in [0.15, 0.2) is 5.82 Å². The fourth-order valence-electron chi connectivity index (χ4n) is 4.00. The average Bonchev–Trinajstić information content (AvgIpc) is 3.54. The minimum absolute atomic E-state index is 0.154. The highest BCUT2D eigenvalue weighted by molar-refractivity contribution is 5.78. The van der Waals surface area contributed by atoms with Crippen LogP contribution in [0.3, 0.4) is 0 Å². The maximum atomic E-state index is 13.4. The summed E-state index contributed by atoms with van der Waals surface area (Å²) in [7, 11) is 1.79. The zero-order valence-electron chi connectivity index (χ0n) is 19.8. The van der Waals surface area contributed by atoms with Gasteiger partial charge in [-0.2, -0.15) is 5.10 Å². The summed E-state index contributed by atoms with van der Waals surface area (Å²) >= 11 is 0. The summed E-state index contributed by atoms with van der Waals surface area (Å²) in [6.45, 7) is 0.690. The van der Waals surface area contributed by atoms with Crippen LogP contribution >= 0.6 is 0 Å². The van der Waals surface area contributed by atoms with Crippen molar-refractivity contribution in [3.8, 4) is 11.3 Å². The number of nitrogens with one attached hydrogen (secondary N) is 3. The molecule has 5 aromatic rings. The second-order valence-electron chi connectivity index (χ2n) is 8.48. The smallest absolute Gasteiger partial charge is 0.294 e. The van der Waals surface area contributed by atoms with Crippen molar-refractivity contribution in [1.82, 2.24) is 34.6 Å². The van der Waals surface area contributed by atoms with Gasteiger partial charge in [0.2, 0.25) is 5.91 Å². The molecule has 0 saturated heterocycles. The van der Waals surface area contributed by atoms with E-state index in [0.29, 0.717) is 24.3 Å². The number of carbonyl (C=O) groups is 1. The highest BCUT2D eigenvalue weighted by Gasteiger charge is 2.16. The first-order valence-electron chi connectivity index (χ1n) is 11.6. The molecule has 0 unspecified atom stereocenters. The van der Waals surface area contributed by atoms with Crippen LogP contribution in [0.4, 0.5) is 5.82 Å². The Morgan fingerprint density at radius 1 is 1.06 bits per heavy atom. The Morgan fingerprint density at radius 2 is 1.92 bits per heavy atom. The van der Waals surface area contributed by atoms with Gasteiger partial charge in [-0.1, -0.05) is 30.3 Å². The Balaban J connectivity index is 1.33. The minimum Gasteiger partial charge on any atom is -0.365 e. The molecule has 0 spiro atoms. The number of fused-ring (bicyclic) bond motifs is 1. The molecule has 0 atom stereocenters. The topological polar surface area (TPSA) is 123 Å². The summed E-state index contributed by atoms with van der Waals surface area (Å²) in [4.78, 5) is 38.0. The van der Waals surface area contributed by atoms with Gasteiger partial charge in [-0.15, -0.1) is 0 Å². The van der Waals surface area contributed by atoms with Crippen molar-refractivity contribution in [1.29, 1.82) is 0 Å². The fraction of sp³-hybridized carbons (Fsp3) is 0.192. The molecule has 0 aliphatic carbocycles. The second-order valence-corrected chi connectivity index (χ2v) is 8.48. The Hall–Kier alpha value is -4.73. The predicted octanol–water partition coefficient (Wildman–Crippen LogP) is 2.49. The van der Waals surface area contributed by atoms with E-state index in [1.54, 1.807) is 36.5 Å². The normalized spacial score (nSPS) is 11.0. The van der Waals surface area contributed by atoms with Crippen molar-refractivity contribution in [3.63, 3.8) is 0 Å². The van der Waals surface area contributed by atoms with Gasteiger partial charge in [-0.25, -0.2) is 9.97 Å². The highest BCUT2D eigenvalue weighted by Crippen LogP contribution is 2.17. The second kappa shape index (κ2) is 10.3. The van der Waals surface area contributed by atoms with Crippen LogP contribution in [-0.2, 0) is 31.4 Å². The van der Waals surface area contributed by atoms with E-state index in [9.17, 15) is 9.59 Å². The molecule has 4 heterocycles. The number of rotatable bonds is 9. The van der Waals surface area contributed by atoms with E-state index < -0.39 is 0 Å². The number of carbonyl (C=O) groups excluding carboxylic acids is 1. The molecule has 0 radical (unpaired) electrons. The molecule has 5 rings (SSSR count). The lowest BCUT2D eigenvalue weighted by Crippen LogP contribution is -2.34. The molecule has 0 fully saturated rings.